The predicted molar refractivity (Wildman–Crippen MR) is 39.7 cm³/mol. The van der Waals surface area contributed by atoms with E-state index in [1.807, 2.05) is 6.92 Å². The van der Waals surface area contributed by atoms with E-state index in [1.165, 1.54) is 0 Å². The standard InChI is InChI=1S/C7H17NO/c1-4-9-7-5-6-8(2)3/h4-7H2,1-3H3. The molecule has 0 saturated heterocycles. The van der Waals surface area contributed by atoms with Crippen molar-refractivity contribution in [2.45, 2.75) is 13.3 Å². The number of rotatable bonds is 5. The van der Waals surface area contributed by atoms with Crippen LogP contribution >= 0.6 is 0 Å². The maximum Gasteiger partial charge on any atom is 0.0478 e. The van der Waals surface area contributed by atoms with Crippen LogP contribution in [0.4, 0.5) is 0 Å². The first-order valence-electron chi connectivity index (χ1n) is 3.50. The van der Waals surface area contributed by atoms with Crippen LogP contribution in [0.1, 0.15) is 13.3 Å². The largest absolute Gasteiger partial charge is 0.382 e. The molecule has 0 saturated carbocycles. The Balaban J connectivity index is 2.75. The number of nitrogens with zero attached hydrogens (tertiary/aromatic N) is 1. The third-order valence-electron chi connectivity index (χ3n) is 1.10. The summed E-state index contributed by atoms with van der Waals surface area (Å²) in [6.07, 6.45) is 1.14. The molecule has 0 aliphatic heterocycles. The lowest BCUT2D eigenvalue weighted by atomic mass is 10.4. The first kappa shape index (κ1) is 8.92. The van der Waals surface area contributed by atoms with Crippen molar-refractivity contribution in [1.82, 2.24) is 4.90 Å². The second-order valence-electron chi connectivity index (χ2n) is 2.35. The van der Waals surface area contributed by atoms with Gasteiger partial charge in [0.2, 0.25) is 0 Å². The predicted octanol–water partition coefficient (Wildman–Crippen LogP) is 0.975. The monoisotopic (exact) mass is 131 g/mol. The molecule has 0 aromatic rings. The fourth-order valence-corrected chi connectivity index (χ4v) is 0.627. The van der Waals surface area contributed by atoms with Crippen LogP contribution < -0.4 is 0 Å². The van der Waals surface area contributed by atoms with Gasteiger partial charge in [-0.05, 0) is 34.0 Å². The molecule has 0 rings (SSSR count). The lowest BCUT2D eigenvalue weighted by Gasteiger charge is -2.07. The van der Waals surface area contributed by atoms with Gasteiger partial charge in [-0.25, -0.2) is 0 Å². The van der Waals surface area contributed by atoms with E-state index in [2.05, 4.69) is 19.0 Å². The molecule has 2 nitrogen and oxygen atoms in total. The Labute approximate surface area is 57.8 Å². The van der Waals surface area contributed by atoms with Crippen LogP contribution in [0.25, 0.3) is 0 Å². The summed E-state index contributed by atoms with van der Waals surface area (Å²) in [4.78, 5) is 2.17. The van der Waals surface area contributed by atoms with E-state index >= 15 is 0 Å². The van der Waals surface area contributed by atoms with E-state index in [0.29, 0.717) is 0 Å². The van der Waals surface area contributed by atoms with Gasteiger partial charge in [0.05, 0.1) is 0 Å². The summed E-state index contributed by atoms with van der Waals surface area (Å²) in [5.41, 5.74) is 0. The highest BCUT2D eigenvalue weighted by atomic mass is 16.5. The molecule has 0 aliphatic rings. The Morgan fingerprint density at radius 2 is 2.00 bits per heavy atom. The molecule has 0 atom stereocenters. The minimum absolute atomic E-state index is 0.841. The van der Waals surface area contributed by atoms with E-state index in [9.17, 15) is 0 Å². The lowest BCUT2D eigenvalue weighted by Crippen LogP contribution is -2.14. The molecule has 0 radical (unpaired) electrons. The minimum Gasteiger partial charge on any atom is -0.382 e. The summed E-state index contributed by atoms with van der Waals surface area (Å²) in [6.45, 7) is 4.89. The summed E-state index contributed by atoms with van der Waals surface area (Å²) in [7, 11) is 4.15. The molecule has 0 fully saturated rings. The molecular weight excluding hydrogens is 114 g/mol. The molecule has 56 valence electrons. The highest BCUT2D eigenvalue weighted by molar-refractivity contribution is 4.41. The van der Waals surface area contributed by atoms with Gasteiger partial charge in [-0.15, -0.1) is 0 Å². The Kier molecular flexibility index (Phi) is 5.99. The van der Waals surface area contributed by atoms with Crippen molar-refractivity contribution in [2.75, 3.05) is 33.9 Å². The van der Waals surface area contributed by atoms with E-state index in [4.69, 9.17) is 4.74 Å². The van der Waals surface area contributed by atoms with Crippen molar-refractivity contribution in [3.05, 3.63) is 0 Å². The van der Waals surface area contributed by atoms with E-state index in [0.717, 1.165) is 26.2 Å². The zero-order valence-corrected chi connectivity index (χ0v) is 6.68. The normalized spacial score (nSPS) is 10.7. The second kappa shape index (κ2) is 6.05. The van der Waals surface area contributed by atoms with Crippen LogP contribution in [0.3, 0.4) is 0 Å². The van der Waals surface area contributed by atoms with Crippen LogP contribution in [-0.2, 0) is 4.74 Å². The van der Waals surface area contributed by atoms with Gasteiger partial charge in [0.1, 0.15) is 0 Å². The Morgan fingerprint density at radius 3 is 2.44 bits per heavy atom. The fourth-order valence-electron chi connectivity index (χ4n) is 0.627. The van der Waals surface area contributed by atoms with Crippen LogP contribution in [0.2, 0.25) is 0 Å². The third kappa shape index (κ3) is 7.92. The molecule has 9 heavy (non-hydrogen) atoms. The van der Waals surface area contributed by atoms with E-state index < -0.39 is 0 Å². The Morgan fingerprint density at radius 1 is 1.33 bits per heavy atom. The second-order valence-corrected chi connectivity index (χ2v) is 2.35. The summed E-state index contributed by atoms with van der Waals surface area (Å²) in [5.74, 6) is 0. The van der Waals surface area contributed by atoms with E-state index in [-0.39, 0.29) is 0 Å². The summed E-state index contributed by atoms with van der Waals surface area (Å²) in [6, 6.07) is 0. The highest BCUT2D eigenvalue weighted by Crippen LogP contribution is 1.83. The first-order chi connectivity index (χ1) is 4.27. The van der Waals surface area contributed by atoms with Gasteiger partial charge in [-0.3, -0.25) is 0 Å². The van der Waals surface area contributed by atoms with Gasteiger partial charge in [-0.2, -0.15) is 0 Å². The molecule has 0 aromatic carbocycles. The molecule has 0 N–H and O–H groups in total. The SMILES string of the molecule is CCOCCCN(C)C. The maximum absolute atomic E-state index is 5.16. The topological polar surface area (TPSA) is 12.5 Å². The molecule has 0 spiro atoms. The van der Waals surface area contributed by atoms with Crippen molar-refractivity contribution in [1.29, 1.82) is 0 Å². The van der Waals surface area contributed by atoms with Crippen molar-refractivity contribution in [3.8, 4) is 0 Å². The average Bonchev–Trinajstić information content (AvgIpc) is 1.80. The summed E-state index contributed by atoms with van der Waals surface area (Å²) < 4.78 is 5.16. The third-order valence-corrected chi connectivity index (χ3v) is 1.10. The average molecular weight is 131 g/mol. The smallest absolute Gasteiger partial charge is 0.0478 e. The number of hydrogen-bond acceptors (Lipinski definition) is 2. The van der Waals surface area contributed by atoms with Crippen LogP contribution in [0, 0.1) is 0 Å². The number of hydrogen-bond donors (Lipinski definition) is 0. The van der Waals surface area contributed by atoms with Gasteiger partial charge in [0.15, 0.2) is 0 Å². The van der Waals surface area contributed by atoms with Crippen molar-refractivity contribution in [2.24, 2.45) is 0 Å². The van der Waals surface area contributed by atoms with Crippen molar-refractivity contribution >= 4 is 0 Å². The van der Waals surface area contributed by atoms with Crippen molar-refractivity contribution < 1.29 is 4.74 Å². The van der Waals surface area contributed by atoms with E-state index in [1.54, 1.807) is 0 Å². The van der Waals surface area contributed by atoms with Gasteiger partial charge >= 0.3 is 0 Å². The zero-order valence-electron chi connectivity index (χ0n) is 6.68. The van der Waals surface area contributed by atoms with Crippen LogP contribution in [-0.4, -0.2) is 38.8 Å². The summed E-state index contributed by atoms with van der Waals surface area (Å²) in [5, 5.41) is 0. The van der Waals surface area contributed by atoms with Crippen molar-refractivity contribution in [3.63, 3.8) is 0 Å². The molecule has 2 heteroatoms. The Bertz CT molecular complexity index is 54.9. The minimum atomic E-state index is 0.841. The fraction of sp³-hybridized carbons (Fsp3) is 1.00. The van der Waals surface area contributed by atoms with Crippen LogP contribution in [0.5, 0.6) is 0 Å². The quantitative estimate of drug-likeness (QED) is 0.516. The Hall–Kier alpha value is -0.0800. The van der Waals surface area contributed by atoms with Gasteiger partial charge in [0.25, 0.3) is 0 Å². The summed E-state index contributed by atoms with van der Waals surface area (Å²) >= 11 is 0. The highest BCUT2D eigenvalue weighted by Gasteiger charge is 1.88. The molecular formula is C7H17NO. The zero-order chi connectivity index (χ0) is 7.11. The molecule has 0 unspecified atom stereocenters. The molecule has 0 heterocycles. The first-order valence-corrected chi connectivity index (χ1v) is 3.50. The van der Waals surface area contributed by atoms with Gasteiger partial charge < -0.3 is 9.64 Å². The van der Waals surface area contributed by atoms with Crippen LogP contribution in [0.15, 0.2) is 0 Å². The maximum atomic E-state index is 5.16. The molecule has 0 aliphatic carbocycles. The number of ether oxygens (including phenoxy) is 1. The van der Waals surface area contributed by atoms with Gasteiger partial charge in [0, 0.05) is 13.2 Å². The van der Waals surface area contributed by atoms with Gasteiger partial charge in [-0.1, -0.05) is 0 Å². The molecule has 0 aromatic heterocycles. The molecule has 0 amide bonds. The lowest BCUT2D eigenvalue weighted by molar-refractivity contribution is 0.138. The molecule has 0 bridgehead atoms.